The van der Waals surface area contributed by atoms with E-state index in [-0.39, 0.29) is 10.5 Å². The molecule has 5 nitrogen and oxygen atoms in total. The fourth-order valence-corrected chi connectivity index (χ4v) is 3.24. The zero-order valence-corrected chi connectivity index (χ0v) is 13.5. The van der Waals surface area contributed by atoms with Crippen LogP contribution in [0.15, 0.2) is 47.4 Å². The van der Waals surface area contributed by atoms with E-state index in [0.29, 0.717) is 16.3 Å². The van der Waals surface area contributed by atoms with E-state index in [2.05, 4.69) is 9.46 Å². The van der Waals surface area contributed by atoms with Gasteiger partial charge in [0.15, 0.2) is 0 Å². The third-order valence-corrected chi connectivity index (χ3v) is 4.61. The van der Waals surface area contributed by atoms with Crippen molar-refractivity contribution in [3.05, 3.63) is 58.6 Å². The highest BCUT2D eigenvalue weighted by Gasteiger charge is 2.17. The van der Waals surface area contributed by atoms with Gasteiger partial charge in [-0.15, -0.1) is 0 Å². The number of aryl methyl sites for hydroxylation is 1. The molecule has 0 aliphatic heterocycles. The Kier molecular flexibility index (Phi) is 4.73. The number of nitrogens with one attached hydrogen (secondary N) is 1. The molecule has 0 spiro atoms. The Bertz CT molecular complexity index is 818. The number of anilines is 1. The van der Waals surface area contributed by atoms with Crippen molar-refractivity contribution in [2.75, 3.05) is 11.8 Å². The molecule has 0 bridgehead atoms. The first-order valence-electron chi connectivity index (χ1n) is 6.31. The standard InChI is InChI=1S/C15H14ClNO4S/c1-10-6-7-11(15(18)21-2)8-14(10)17-22(19,20)13-5-3-4-12(16)9-13/h3-9,17H,1-2H3. The lowest BCUT2D eigenvalue weighted by atomic mass is 10.1. The number of hydrogen-bond donors (Lipinski definition) is 1. The van der Waals surface area contributed by atoms with Gasteiger partial charge in [0.2, 0.25) is 0 Å². The summed E-state index contributed by atoms with van der Waals surface area (Å²) in [4.78, 5) is 11.6. The summed E-state index contributed by atoms with van der Waals surface area (Å²) in [6.07, 6.45) is 0. The largest absolute Gasteiger partial charge is 0.465 e. The number of esters is 1. The molecule has 0 heterocycles. The predicted octanol–water partition coefficient (Wildman–Crippen LogP) is 3.24. The van der Waals surface area contributed by atoms with Gasteiger partial charge in [0.25, 0.3) is 10.0 Å². The van der Waals surface area contributed by atoms with Crippen LogP contribution >= 0.6 is 11.6 Å². The van der Waals surface area contributed by atoms with Crippen molar-refractivity contribution in [2.45, 2.75) is 11.8 Å². The van der Waals surface area contributed by atoms with E-state index in [1.54, 1.807) is 31.2 Å². The fraction of sp³-hybridized carbons (Fsp3) is 0.133. The van der Waals surface area contributed by atoms with Gasteiger partial charge >= 0.3 is 5.97 Å². The lowest BCUT2D eigenvalue weighted by Gasteiger charge is -2.12. The molecule has 2 aromatic carbocycles. The Morgan fingerprint density at radius 3 is 2.55 bits per heavy atom. The highest BCUT2D eigenvalue weighted by Crippen LogP contribution is 2.23. The third kappa shape index (κ3) is 3.58. The molecule has 0 aliphatic carbocycles. The molecule has 1 N–H and O–H groups in total. The monoisotopic (exact) mass is 339 g/mol. The maximum Gasteiger partial charge on any atom is 0.337 e. The summed E-state index contributed by atoms with van der Waals surface area (Å²) in [6, 6.07) is 10.6. The van der Waals surface area contributed by atoms with Gasteiger partial charge in [0.1, 0.15) is 0 Å². The first-order chi connectivity index (χ1) is 10.3. The van der Waals surface area contributed by atoms with Crippen LogP contribution in [0, 0.1) is 6.92 Å². The van der Waals surface area contributed by atoms with Crippen LogP contribution in [0.25, 0.3) is 0 Å². The van der Waals surface area contributed by atoms with E-state index >= 15 is 0 Å². The first kappa shape index (κ1) is 16.3. The van der Waals surface area contributed by atoms with Crippen molar-refractivity contribution in [1.29, 1.82) is 0 Å². The minimum atomic E-state index is -3.79. The van der Waals surface area contributed by atoms with Crippen molar-refractivity contribution >= 4 is 33.3 Å². The van der Waals surface area contributed by atoms with Gasteiger partial charge in [-0.2, -0.15) is 0 Å². The van der Waals surface area contributed by atoms with E-state index in [0.717, 1.165) is 0 Å². The van der Waals surface area contributed by atoms with Gasteiger partial charge in [-0.3, -0.25) is 4.72 Å². The van der Waals surface area contributed by atoms with E-state index < -0.39 is 16.0 Å². The van der Waals surface area contributed by atoms with Crippen LogP contribution in [0.1, 0.15) is 15.9 Å². The number of carbonyl (C=O) groups is 1. The summed E-state index contributed by atoms with van der Waals surface area (Å²) in [7, 11) is -2.53. The van der Waals surface area contributed by atoms with Crippen LogP contribution in [0.5, 0.6) is 0 Å². The summed E-state index contributed by atoms with van der Waals surface area (Å²) >= 11 is 5.82. The zero-order valence-electron chi connectivity index (χ0n) is 12.0. The van der Waals surface area contributed by atoms with Crippen LogP contribution in [0.4, 0.5) is 5.69 Å². The SMILES string of the molecule is COC(=O)c1ccc(C)c(NS(=O)(=O)c2cccc(Cl)c2)c1. The van der Waals surface area contributed by atoms with Crippen molar-refractivity contribution < 1.29 is 17.9 Å². The second kappa shape index (κ2) is 6.37. The lowest BCUT2D eigenvalue weighted by molar-refractivity contribution is 0.0601. The number of hydrogen-bond acceptors (Lipinski definition) is 4. The van der Waals surface area contributed by atoms with E-state index in [1.807, 2.05) is 0 Å². The van der Waals surface area contributed by atoms with Crippen LogP contribution < -0.4 is 4.72 Å². The summed E-state index contributed by atoms with van der Waals surface area (Å²) in [6.45, 7) is 1.73. The van der Waals surface area contributed by atoms with Crippen LogP contribution in [-0.2, 0) is 14.8 Å². The molecule has 2 aromatic rings. The van der Waals surface area contributed by atoms with Gasteiger partial charge in [-0.1, -0.05) is 23.7 Å². The molecule has 0 aliphatic rings. The van der Waals surface area contributed by atoms with E-state index in [4.69, 9.17) is 11.6 Å². The summed E-state index contributed by atoms with van der Waals surface area (Å²) in [5, 5.41) is 0.322. The average molecular weight is 340 g/mol. The maximum atomic E-state index is 12.4. The summed E-state index contributed by atoms with van der Waals surface area (Å²) < 4.78 is 31.8. The molecule has 0 atom stereocenters. The number of sulfonamides is 1. The molecule has 0 amide bonds. The van der Waals surface area contributed by atoms with E-state index in [9.17, 15) is 13.2 Å². The Morgan fingerprint density at radius 1 is 1.18 bits per heavy atom. The zero-order chi connectivity index (χ0) is 16.3. The highest BCUT2D eigenvalue weighted by atomic mass is 35.5. The molecule has 0 radical (unpaired) electrons. The minimum Gasteiger partial charge on any atom is -0.465 e. The third-order valence-electron chi connectivity index (χ3n) is 3.01. The van der Waals surface area contributed by atoms with Gasteiger partial charge in [-0.25, -0.2) is 13.2 Å². The van der Waals surface area contributed by atoms with Gasteiger partial charge < -0.3 is 4.74 Å². The Balaban J connectivity index is 2.39. The molecule has 0 saturated carbocycles. The molecule has 0 unspecified atom stereocenters. The molecule has 0 saturated heterocycles. The van der Waals surface area contributed by atoms with Crippen molar-refractivity contribution in [2.24, 2.45) is 0 Å². The lowest BCUT2D eigenvalue weighted by Crippen LogP contribution is -2.14. The van der Waals surface area contributed by atoms with Crippen LogP contribution in [-0.4, -0.2) is 21.5 Å². The number of ether oxygens (including phenoxy) is 1. The van der Waals surface area contributed by atoms with E-state index in [1.165, 1.54) is 25.3 Å². The number of rotatable bonds is 4. The summed E-state index contributed by atoms with van der Waals surface area (Å²) in [5.41, 5.74) is 1.25. The molecule has 22 heavy (non-hydrogen) atoms. The molecule has 0 fully saturated rings. The summed E-state index contributed by atoms with van der Waals surface area (Å²) in [5.74, 6) is -0.539. The van der Waals surface area contributed by atoms with Crippen LogP contribution in [0.3, 0.4) is 0 Å². The number of benzene rings is 2. The van der Waals surface area contributed by atoms with Crippen molar-refractivity contribution in [3.8, 4) is 0 Å². The predicted molar refractivity (Wildman–Crippen MR) is 84.8 cm³/mol. The van der Waals surface area contributed by atoms with Gasteiger partial charge in [-0.05, 0) is 42.8 Å². The molecular weight excluding hydrogens is 326 g/mol. The Labute approximate surface area is 133 Å². The molecule has 116 valence electrons. The van der Waals surface area contributed by atoms with Gasteiger partial charge in [0.05, 0.1) is 23.3 Å². The molecule has 0 aromatic heterocycles. The molecule has 2 rings (SSSR count). The maximum absolute atomic E-state index is 12.4. The highest BCUT2D eigenvalue weighted by molar-refractivity contribution is 7.92. The first-order valence-corrected chi connectivity index (χ1v) is 8.17. The second-order valence-corrected chi connectivity index (χ2v) is 6.70. The second-order valence-electron chi connectivity index (χ2n) is 4.58. The Morgan fingerprint density at radius 2 is 1.91 bits per heavy atom. The average Bonchev–Trinajstić information content (AvgIpc) is 2.48. The Hall–Kier alpha value is -2.05. The quantitative estimate of drug-likeness (QED) is 0.868. The van der Waals surface area contributed by atoms with Crippen molar-refractivity contribution in [1.82, 2.24) is 0 Å². The smallest absolute Gasteiger partial charge is 0.337 e. The van der Waals surface area contributed by atoms with Crippen LogP contribution in [0.2, 0.25) is 5.02 Å². The number of carbonyl (C=O) groups excluding carboxylic acids is 1. The fourth-order valence-electron chi connectivity index (χ4n) is 1.81. The normalized spacial score (nSPS) is 11.0. The van der Waals surface area contributed by atoms with Crippen molar-refractivity contribution in [3.63, 3.8) is 0 Å². The molecular formula is C15H14ClNO4S. The number of halogens is 1. The molecule has 7 heteroatoms. The van der Waals surface area contributed by atoms with Gasteiger partial charge in [0, 0.05) is 5.02 Å². The number of methoxy groups -OCH3 is 1. The minimum absolute atomic E-state index is 0.0443. The topological polar surface area (TPSA) is 72.5 Å².